The van der Waals surface area contributed by atoms with Gasteiger partial charge in [0.2, 0.25) is 11.0 Å². The fourth-order valence-electron chi connectivity index (χ4n) is 2.59. The number of carbonyl (C=O) groups is 1. The number of nitrogens with one attached hydrogen (secondary N) is 1. The van der Waals surface area contributed by atoms with E-state index in [2.05, 4.69) is 25.5 Å². The highest BCUT2D eigenvalue weighted by Crippen LogP contribution is 2.42. The van der Waals surface area contributed by atoms with Gasteiger partial charge in [-0.1, -0.05) is 11.3 Å². The van der Waals surface area contributed by atoms with Gasteiger partial charge in [0.25, 0.3) is 5.56 Å². The summed E-state index contributed by atoms with van der Waals surface area (Å²) in [5.41, 5.74) is -0.291. The maximum absolute atomic E-state index is 12.2. The minimum absolute atomic E-state index is 0.131. The predicted octanol–water partition coefficient (Wildman–Crippen LogP) is 1.16. The zero-order valence-corrected chi connectivity index (χ0v) is 15.2. The SMILES string of the molecule is O=C(Cn1nc(N2CCSCC2)ccc1=O)Nc1nnc(C2CC2)s1. The molecular formula is C15H18N6O2S2. The van der Waals surface area contributed by atoms with Gasteiger partial charge in [-0.15, -0.1) is 10.2 Å². The molecule has 10 heteroatoms. The lowest BCUT2D eigenvalue weighted by atomic mass is 10.4. The lowest BCUT2D eigenvalue weighted by molar-refractivity contribution is -0.117. The van der Waals surface area contributed by atoms with E-state index in [9.17, 15) is 9.59 Å². The Bertz CT molecular complexity index is 825. The molecule has 1 aliphatic heterocycles. The van der Waals surface area contributed by atoms with E-state index in [1.165, 1.54) is 22.1 Å². The van der Waals surface area contributed by atoms with Crippen LogP contribution < -0.4 is 15.8 Å². The van der Waals surface area contributed by atoms with Crippen molar-refractivity contribution in [3.63, 3.8) is 0 Å². The van der Waals surface area contributed by atoms with Crippen LogP contribution in [0.2, 0.25) is 0 Å². The molecule has 1 amide bonds. The minimum Gasteiger partial charge on any atom is -0.354 e. The zero-order valence-electron chi connectivity index (χ0n) is 13.6. The normalized spacial score (nSPS) is 17.5. The van der Waals surface area contributed by atoms with Crippen LogP contribution in [0.5, 0.6) is 0 Å². The molecule has 8 nitrogen and oxygen atoms in total. The van der Waals surface area contributed by atoms with Gasteiger partial charge < -0.3 is 4.90 Å². The van der Waals surface area contributed by atoms with E-state index in [1.54, 1.807) is 6.07 Å². The first-order valence-corrected chi connectivity index (χ1v) is 10.2. The molecule has 0 radical (unpaired) electrons. The lowest BCUT2D eigenvalue weighted by Gasteiger charge is -2.27. The second-order valence-corrected chi connectivity index (χ2v) is 8.29. The smallest absolute Gasteiger partial charge is 0.267 e. The van der Waals surface area contributed by atoms with Crippen molar-refractivity contribution < 1.29 is 4.79 Å². The van der Waals surface area contributed by atoms with Crippen molar-refractivity contribution in [2.45, 2.75) is 25.3 Å². The molecule has 1 saturated carbocycles. The first-order valence-electron chi connectivity index (χ1n) is 8.23. The molecule has 1 saturated heterocycles. The number of thioether (sulfide) groups is 1. The molecule has 132 valence electrons. The molecule has 0 bridgehead atoms. The Kier molecular flexibility index (Phi) is 4.71. The van der Waals surface area contributed by atoms with Crippen LogP contribution in [-0.4, -0.2) is 50.5 Å². The molecule has 0 atom stereocenters. The van der Waals surface area contributed by atoms with Crippen molar-refractivity contribution in [3.05, 3.63) is 27.5 Å². The number of rotatable bonds is 5. The summed E-state index contributed by atoms with van der Waals surface area (Å²) in [6, 6.07) is 3.19. The fraction of sp³-hybridized carbons (Fsp3) is 0.533. The molecule has 1 N–H and O–H groups in total. The van der Waals surface area contributed by atoms with Gasteiger partial charge in [0, 0.05) is 36.6 Å². The molecule has 0 spiro atoms. The Morgan fingerprint density at radius 2 is 2.04 bits per heavy atom. The third-order valence-corrected chi connectivity index (χ3v) is 6.04. The fourth-order valence-corrected chi connectivity index (χ4v) is 4.42. The largest absolute Gasteiger partial charge is 0.354 e. The predicted molar refractivity (Wildman–Crippen MR) is 98.5 cm³/mol. The molecule has 2 fully saturated rings. The van der Waals surface area contributed by atoms with Crippen LogP contribution in [0.1, 0.15) is 23.8 Å². The van der Waals surface area contributed by atoms with Crippen LogP contribution >= 0.6 is 23.1 Å². The summed E-state index contributed by atoms with van der Waals surface area (Å²) in [4.78, 5) is 26.4. The van der Waals surface area contributed by atoms with E-state index in [0.717, 1.165) is 48.3 Å². The molecule has 4 rings (SSSR count). The highest BCUT2D eigenvalue weighted by Gasteiger charge is 2.27. The molecule has 1 aliphatic carbocycles. The summed E-state index contributed by atoms with van der Waals surface area (Å²) >= 11 is 3.31. The maximum Gasteiger partial charge on any atom is 0.267 e. The number of hydrogen-bond donors (Lipinski definition) is 1. The van der Waals surface area contributed by atoms with Crippen molar-refractivity contribution in [3.8, 4) is 0 Å². The van der Waals surface area contributed by atoms with Gasteiger partial charge >= 0.3 is 0 Å². The van der Waals surface area contributed by atoms with Gasteiger partial charge in [0.15, 0.2) is 0 Å². The van der Waals surface area contributed by atoms with E-state index < -0.39 is 0 Å². The number of anilines is 2. The van der Waals surface area contributed by atoms with Crippen molar-refractivity contribution in [2.75, 3.05) is 34.8 Å². The van der Waals surface area contributed by atoms with Crippen LogP contribution in [-0.2, 0) is 11.3 Å². The highest BCUT2D eigenvalue weighted by atomic mass is 32.2. The monoisotopic (exact) mass is 378 g/mol. The summed E-state index contributed by atoms with van der Waals surface area (Å²) in [5.74, 6) is 3.01. The summed E-state index contributed by atoms with van der Waals surface area (Å²) in [5, 5.41) is 16.6. The van der Waals surface area contributed by atoms with Crippen molar-refractivity contribution in [2.24, 2.45) is 0 Å². The molecule has 0 unspecified atom stereocenters. The topological polar surface area (TPSA) is 93.0 Å². The molecule has 0 aromatic carbocycles. The van der Waals surface area contributed by atoms with E-state index in [0.29, 0.717) is 11.0 Å². The van der Waals surface area contributed by atoms with Crippen LogP contribution in [0.3, 0.4) is 0 Å². The molecule has 2 aromatic heterocycles. The minimum atomic E-state index is -0.320. The first-order chi connectivity index (χ1) is 12.2. The average Bonchev–Trinajstić information content (AvgIpc) is 3.37. The average molecular weight is 378 g/mol. The summed E-state index contributed by atoms with van der Waals surface area (Å²) in [6.07, 6.45) is 2.29. The van der Waals surface area contributed by atoms with Gasteiger partial charge in [-0.25, -0.2) is 4.68 Å². The maximum atomic E-state index is 12.2. The summed E-state index contributed by atoms with van der Waals surface area (Å²) < 4.78 is 1.20. The van der Waals surface area contributed by atoms with Crippen molar-refractivity contribution in [1.29, 1.82) is 0 Å². The molecule has 3 heterocycles. The molecule has 2 aliphatic rings. The van der Waals surface area contributed by atoms with Crippen LogP contribution in [0, 0.1) is 0 Å². The van der Waals surface area contributed by atoms with Crippen LogP contribution in [0.4, 0.5) is 10.9 Å². The van der Waals surface area contributed by atoms with Crippen molar-refractivity contribution >= 4 is 40.0 Å². The third kappa shape index (κ3) is 4.01. The third-order valence-electron chi connectivity index (χ3n) is 4.09. The standard InChI is InChI=1S/C15H18N6O2S2/c22-12(16-15-18-17-14(25-15)10-1-2-10)9-21-13(23)4-3-11(19-21)20-5-7-24-8-6-20/h3-4,10H,1-2,5-9H2,(H,16,18,22). The quantitative estimate of drug-likeness (QED) is 0.834. The zero-order chi connectivity index (χ0) is 17.2. The van der Waals surface area contributed by atoms with Gasteiger partial charge in [-0.3, -0.25) is 14.9 Å². The molecular weight excluding hydrogens is 360 g/mol. The number of amides is 1. The summed E-state index contributed by atoms with van der Waals surface area (Å²) in [7, 11) is 0. The van der Waals surface area contributed by atoms with Gasteiger partial charge in [-0.05, 0) is 18.9 Å². The van der Waals surface area contributed by atoms with Crippen LogP contribution in [0.15, 0.2) is 16.9 Å². The van der Waals surface area contributed by atoms with Gasteiger partial charge in [-0.2, -0.15) is 16.9 Å². The van der Waals surface area contributed by atoms with Gasteiger partial charge in [0.05, 0.1) is 0 Å². The Morgan fingerprint density at radius 3 is 2.80 bits per heavy atom. The number of nitrogens with zero attached hydrogens (tertiary/aromatic N) is 5. The number of carbonyl (C=O) groups excluding carboxylic acids is 1. The molecule has 25 heavy (non-hydrogen) atoms. The first kappa shape index (κ1) is 16.5. The Balaban J connectivity index is 1.43. The Labute approximate surface area is 152 Å². The second kappa shape index (κ2) is 7.12. The summed E-state index contributed by atoms with van der Waals surface area (Å²) in [6.45, 7) is 1.67. The van der Waals surface area contributed by atoms with Crippen LogP contribution in [0.25, 0.3) is 0 Å². The Morgan fingerprint density at radius 1 is 1.24 bits per heavy atom. The van der Waals surface area contributed by atoms with E-state index in [1.807, 2.05) is 11.8 Å². The highest BCUT2D eigenvalue weighted by molar-refractivity contribution is 7.99. The lowest BCUT2D eigenvalue weighted by Crippen LogP contribution is -2.36. The van der Waals surface area contributed by atoms with E-state index in [-0.39, 0.29) is 18.0 Å². The van der Waals surface area contributed by atoms with Crippen molar-refractivity contribution in [1.82, 2.24) is 20.0 Å². The van der Waals surface area contributed by atoms with E-state index >= 15 is 0 Å². The number of hydrogen-bond acceptors (Lipinski definition) is 8. The van der Waals surface area contributed by atoms with E-state index in [4.69, 9.17) is 0 Å². The Hall–Kier alpha value is -1.94. The van der Waals surface area contributed by atoms with Gasteiger partial charge in [0.1, 0.15) is 17.4 Å². The number of aromatic nitrogens is 4. The second-order valence-electron chi connectivity index (χ2n) is 6.05. The molecule has 2 aromatic rings.